The number of benzene rings is 2. The first-order chi connectivity index (χ1) is 13.0. The van der Waals surface area contributed by atoms with Crippen LogP contribution in [0.3, 0.4) is 0 Å². The fourth-order valence-electron chi connectivity index (χ4n) is 3.58. The number of aryl methyl sites for hydroxylation is 5. The fraction of sp³-hybridized carbons (Fsp3) is 0.391. The van der Waals surface area contributed by atoms with Crippen molar-refractivity contribution in [3.8, 4) is 0 Å². The standard InChI is InChI=1S/C23H31N3O2.ClH/c1-15-11-18(4)23(19(5)12-15)25-21(28)14-26(6,7)13-20(27)24-22-16(2)9-8-10-17(22)3;/h8-12H,13-14H2,1-7H3,(H-,24,25,27,28);1H. The zero-order valence-corrected chi connectivity index (χ0v) is 19.2. The van der Waals surface area contributed by atoms with Crippen LogP contribution in [0.1, 0.15) is 27.8 Å². The second-order valence-electron chi connectivity index (χ2n) is 8.39. The second-order valence-corrected chi connectivity index (χ2v) is 8.39. The van der Waals surface area contributed by atoms with Crippen LogP contribution < -0.4 is 23.0 Å². The minimum absolute atomic E-state index is 0. The summed E-state index contributed by atoms with van der Waals surface area (Å²) in [5.41, 5.74) is 7.03. The van der Waals surface area contributed by atoms with E-state index in [0.717, 1.165) is 33.6 Å². The Morgan fingerprint density at radius 2 is 1.14 bits per heavy atom. The van der Waals surface area contributed by atoms with Crippen molar-refractivity contribution >= 4 is 23.2 Å². The van der Waals surface area contributed by atoms with Crippen LogP contribution in [0.15, 0.2) is 30.3 Å². The van der Waals surface area contributed by atoms with Gasteiger partial charge < -0.3 is 27.5 Å². The summed E-state index contributed by atoms with van der Waals surface area (Å²) in [5.74, 6) is -0.196. The number of hydrogen-bond acceptors (Lipinski definition) is 2. The fourth-order valence-corrected chi connectivity index (χ4v) is 3.58. The van der Waals surface area contributed by atoms with E-state index in [-0.39, 0.29) is 41.8 Å². The molecule has 0 aliphatic rings. The third-order valence-electron chi connectivity index (χ3n) is 4.83. The minimum atomic E-state index is -0.0992. The average Bonchev–Trinajstić information content (AvgIpc) is 2.53. The summed E-state index contributed by atoms with van der Waals surface area (Å²) in [6.45, 7) is 10.4. The van der Waals surface area contributed by atoms with Crippen molar-refractivity contribution in [2.24, 2.45) is 0 Å². The van der Waals surface area contributed by atoms with E-state index < -0.39 is 0 Å². The molecule has 0 spiro atoms. The predicted molar refractivity (Wildman–Crippen MR) is 116 cm³/mol. The molecule has 158 valence electrons. The van der Waals surface area contributed by atoms with Gasteiger partial charge in [0.1, 0.15) is 0 Å². The van der Waals surface area contributed by atoms with Crippen molar-refractivity contribution in [1.82, 2.24) is 0 Å². The number of rotatable bonds is 6. The number of likely N-dealkylation sites (N-methyl/N-ethyl adjacent to an activating group) is 1. The van der Waals surface area contributed by atoms with Gasteiger partial charge in [-0.15, -0.1) is 0 Å². The van der Waals surface area contributed by atoms with Gasteiger partial charge in [0.15, 0.2) is 13.1 Å². The SMILES string of the molecule is Cc1cc(C)c(NC(=O)C[N+](C)(C)CC(=O)Nc2c(C)cccc2C)c(C)c1.[Cl-]. The lowest BCUT2D eigenvalue weighted by Gasteiger charge is -2.28. The number of quaternary nitrogens is 1. The molecule has 0 bridgehead atoms. The number of anilines is 2. The summed E-state index contributed by atoms with van der Waals surface area (Å²) in [6, 6.07) is 10.0. The molecule has 2 N–H and O–H groups in total. The summed E-state index contributed by atoms with van der Waals surface area (Å²) in [6.07, 6.45) is 0. The van der Waals surface area contributed by atoms with Crippen molar-refractivity contribution in [3.05, 3.63) is 58.1 Å². The molecule has 0 aliphatic carbocycles. The Balaban J connectivity index is 0.00000420. The van der Waals surface area contributed by atoms with Gasteiger partial charge >= 0.3 is 0 Å². The van der Waals surface area contributed by atoms with Crippen LogP contribution in [0, 0.1) is 34.6 Å². The zero-order chi connectivity index (χ0) is 21.1. The second kappa shape index (κ2) is 9.90. The lowest BCUT2D eigenvalue weighted by Crippen LogP contribution is -3.00. The first kappa shape index (κ1) is 24.7. The quantitative estimate of drug-likeness (QED) is 0.686. The van der Waals surface area contributed by atoms with Gasteiger partial charge in [0.2, 0.25) is 0 Å². The van der Waals surface area contributed by atoms with Gasteiger partial charge in [0.05, 0.1) is 14.1 Å². The van der Waals surface area contributed by atoms with Crippen molar-refractivity contribution in [1.29, 1.82) is 0 Å². The molecule has 2 amide bonds. The monoisotopic (exact) mass is 417 g/mol. The molecule has 0 atom stereocenters. The lowest BCUT2D eigenvalue weighted by molar-refractivity contribution is -0.874. The van der Waals surface area contributed by atoms with Gasteiger partial charge in [0, 0.05) is 11.4 Å². The maximum absolute atomic E-state index is 12.6. The van der Waals surface area contributed by atoms with Crippen LogP contribution >= 0.6 is 0 Å². The number of nitrogens with one attached hydrogen (secondary N) is 2. The molecule has 6 heteroatoms. The number of amides is 2. The molecule has 2 aromatic rings. The van der Waals surface area contributed by atoms with Crippen LogP contribution in [0.25, 0.3) is 0 Å². The molecule has 0 aliphatic heterocycles. The Kier molecular flexibility index (Phi) is 8.42. The van der Waals surface area contributed by atoms with E-state index in [1.54, 1.807) is 0 Å². The Labute approximate surface area is 180 Å². The molecule has 0 fully saturated rings. The predicted octanol–water partition coefficient (Wildman–Crippen LogP) is 0.886. The summed E-state index contributed by atoms with van der Waals surface area (Å²) in [5, 5.41) is 6.01. The summed E-state index contributed by atoms with van der Waals surface area (Å²) < 4.78 is 0.270. The van der Waals surface area contributed by atoms with E-state index in [1.807, 2.05) is 66.9 Å². The minimum Gasteiger partial charge on any atom is -1.00 e. The van der Waals surface area contributed by atoms with E-state index in [9.17, 15) is 9.59 Å². The van der Waals surface area contributed by atoms with Gasteiger partial charge in [-0.25, -0.2) is 0 Å². The van der Waals surface area contributed by atoms with Crippen LogP contribution in [0.2, 0.25) is 0 Å². The van der Waals surface area contributed by atoms with E-state index >= 15 is 0 Å². The summed E-state index contributed by atoms with van der Waals surface area (Å²) >= 11 is 0. The normalized spacial score (nSPS) is 10.9. The molecular weight excluding hydrogens is 386 g/mol. The van der Waals surface area contributed by atoms with Crippen molar-refractivity contribution < 1.29 is 26.5 Å². The number of nitrogens with zero attached hydrogens (tertiary/aromatic N) is 1. The highest BCUT2D eigenvalue weighted by molar-refractivity contribution is 5.95. The van der Waals surface area contributed by atoms with Crippen LogP contribution in [-0.4, -0.2) is 43.5 Å². The lowest BCUT2D eigenvalue weighted by atomic mass is 10.1. The third kappa shape index (κ3) is 6.87. The molecular formula is C23H32ClN3O2. The number of halogens is 1. The van der Waals surface area contributed by atoms with Crippen molar-refractivity contribution in [2.75, 3.05) is 37.8 Å². The Morgan fingerprint density at radius 1 is 0.759 bits per heavy atom. The van der Waals surface area contributed by atoms with Crippen LogP contribution in [0.5, 0.6) is 0 Å². The van der Waals surface area contributed by atoms with E-state index in [1.165, 1.54) is 5.56 Å². The number of carbonyl (C=O) groups excluding carboxylic acids is 2. The summed E-state index contributed by atoms with van der Waals surface area (Å²) in [4.78, 5) is 25.2. The van der Waals surface area contributed by atoms with Gasteiger partial charge in [-0.1, -0.05) is 35.9 Å². The van der Waals surface area contributed by atoms with Crippen LogP contribution in [0.4, 0.5) is 11.4 Å². The first-order valence-corrected chi connectivity index (χ1v) is 9.54. The number of hydrogen-bond donors (Lipinski definition) is 2. The van der Waals surface area contributed by atoms with Crippen molar-refractivity contribution in [2.45, 2.75) is 34.6 Å². The molecule has 29 heavy (non-hydrogen) atoms. The molecule has 2 aromatic carbocycles. The molecule has 5 nitrogen and oxygen atoms in total. The molecule has 0 saturated heterocycles. The first-order valence-electron chi connectivity index (χ1n) is 9.54. The molecule has 2 rings (SSSR count). The number of para-hydroxylation sites is 1. The highest BCUT2D eigenvalue weighted by atomic mass is 35.5. The largest absolute Gasteiger partial charge is 1.00 e. The van der Waals surface area contributed by atoms with Gasteiger partial charge in [-0.2, -0.15) is 0 Å². The van der Waals surface area contributed by atoms with E-state index in [4.69, 9.17) is 0 Å². The number of carbonyl (C=O) groups is 2. The Morgan fingerprint density at radius 3 is 1.55 bits per heavy atom. The third-order valence-corrected chi connectivity index (χ3v) is 4.83. The Hall–Kier alpha value is -2.37. The molecule has 0 heterocycles. The maximum atomic E-state index is 12.6. The van der Waals surface area contributed by atoms with Gasteiger partial charge in [-0.3, -0.25) is 9.59 Å². The van der Waals surface area contributed by atoms with Crippen LogP contribution in [-0.2, 0) is 9.59 Å². The van der Waals surface area contributed by atoms with Crippen molar-refractivity contribution in [3.63, 3.8) is 0 Å². The summed E-state index contributed by atoms with van der Waals surface area (Å²) in [7, 11) is 3.78. The molecule has 0 aromatic heterocycles. The maximum Gasteiger partial charge on any atom is 0.279 e. The zero-order valence-electron chi connectivity index (χ0n) is 18.4. The van der Waals surface area contributed by atoms with E-state index in [0.29, 0.717) is 0 Å². The smallest absolute Gasteiger partial charge is 0.279 e. The topological polar surface area (TPSA) is 58.2 Å². The Bertz CT molecular complexity index is 864. The van der Waals surface area contributed by atoms with Gasteiger partial charge in [0.25, 0.3) is 11.8 Å². The van der Waals surface area contributed by atoms with E-state index in [2.05, 4.69) is 22.8 Å². The molecule has 0 unspecified atom stereocenters. The molecule has 0 radical (unpaired) electrons. The average molecular weight is 418 g/mol. The van der Waals surface area contributed by atoms with Gasteiger partial charge in [-0.05, 0) is 56.9 Å². The molecule has 0 saturated carbocycles. The highest BCUT2D eigenvalue weighted by Gasteiger charge is 2.25. The highest BCUT2D eigenvalue weighted by Crippen LogP contribution is 2.22.